The van der Waals surface area contributed by atoms with E-state index < -0.39 is 0 Å². The van der Waals surface area contributed by atoms with Crippen molar-refractivity contribution in [3.05, 3.63) is 68.9 Å². The molecule has 2 aromatic carbocycles. The van der Waals surface area contributed by atoms with Crippen molar-refractivity contribution < 1.29 is 0 Å². The molecule has 0 atom stereocenters. The minimum atomic E-state index is -0.126. The van der Waals surface area contributed by atoms with Crippen LogP contribution in [0.4, 0.5) is 0 Å². The second-order valence-electron chi connectivity index (χ2n) is 4.22. The first kappa shape index (κ1) is 12.3. The van der Waals surface area contributed by atoms with Gasteiger partial charge in [-0.15, -0.1) is 0 Å². The molecule has 0 radical (unpaired) electrons. The Bertz CT molecular complexity index is 824. The summed E-state index contributed by atoms with van der Waals surface area (Å²) in [6, 6.07) is 14.5. The van der Waals surface area contributed by atoms with Gasteiger partial charge in [-0.05, 0) is 35.7 Å². The summed E-state index contributed by atoms with van der Waals surface area (Å²) in [4.78, 5) is 14.9. The van der Waals surface area contributed by atoms with Crippen LogP contribution in [0.5, 0.6) is 0 Å². The second-order valence-corrected chi connectivity index (χ2v) is 5.07. The minimum absolute atomic E-state index is 0.126. The highest BCUT2D eigenvalue weighted by Gasteiger charge is 2.07. The Morgan fingerprint density at radius 1 is 0.947 bits per heavy atom. The summed E-state index contributed by atoms with van der Waals surface area (Å²) >= 11 is 12.0. The number of halogens is 2. The molecule has 19 heavy (non-hydrogen) atoms. The first-order chi connectivity index (χ1) is 9.15. The Hall–Kier alpha value is -1.77. The molecule has 3 aromatic rings. The first-order valence-corrected chi connectivity index (χ1v) is 6.48. The molecule has 0 fully saturated rings. The highest BCUT2D eigenvalue weighted by atomic mass is 35.5. The average Bonchev–Trinajstić information content (AvgIpc) is 2.38. The zero-order valence-electron chi connectivity index (χ0n) is 9.78. The van der Waals surface area contributed by atoms with E-state index in [1.807, 2.05) is 24.3 Å². The zero-order valence-corrected chi connectivity index (χ0v) is 11.3. The molecule has 4 heteroatoms. The number of fused-ring (bicyclic) bond motifs is 1. The summed E-state index contributed by atoms with van der Waals surface area (Å²) in [5.74, 6) is 0. The zero-order chi connectivity index (χ0) is 13.4. The van der Waals surface area contributed by atoms with E-state index >= 15 is 0 Å². The molecule has 1 N–H and O–H groups in total. The third-order valence-corrected chi connectivity index (χ3v) is 3.52. The standard InChI is InChI=1S/C15H9Cl2NO/c16-10-5-6-12(13(17)8-10)14-7-9-3-1-2-4-11(9)15(19)18-14/h1-8H,(H,18,19). The Morgan fingerprint density at radius 3 is 2.53 bits per heavy atom. The normalized spacial score (nSPS) is 10.8. The number of aromatic nitrogens is 1. The lowest BCUT2D eigenvalue weighted by Crippen LogP contribution is -2.07. The number of hydrogen-bond acceptors (Lipinski definition) is 1. The smallest absolute Gasteiger partial charge is 0.256 e. The van der Waals surface area contributed by atoms with E-state index in [9.17, 15) is 4.79 Å². The van der Waals surface area contributed by atoms with Crippen molar-refractivity contribution in [1.29, 1.82) is 0 Å². The lowest BCUT2D eigenvalue weighted by molar-refractivity contribution is 1.28. The predicted octanol–water partition coefficient (Wildman–Crippen LogP) is 4.50. The molecule has 1 aromatic heterocycles. The van der Waals surface area contributed by atoms with Crippen molar-refractivity contribution in [2.24, 2.45) is 0 Å². The van der Waals surface area contributed by atoms with E-state index in [-0.39, 0.29) is 5.56 Å². The summed E-state index contributed by atoms with van der Waals surface area (Å²) in [6.45, 7) is 0. The SMILES string of the molecule is O=c1[nH]c(-c2ccc(Cl)cc2Cl)cc2ccccc12. The molecule has 2 nitrogen and oxygen atoms in total. The van der Waals surface area contributed by atoms with Crippen molar-refractivity contribution in [2.75, 3.05) is 0 Å². The van der Waals surface area contributed by atoms with Gasteiger partial charge in [0.25, 0.3) is 5.56 Å². The number of hydrogen-bond donors (Lipinski definition) is 1. The van der Waals surface area contributed by atoms with E-state index in [4.69, 9.17) is 23.2 Å². The van der Waals surface area contributed by atoms with Gasteiger partial charge in [-0.1, -0.05) is 41.4 Å². The fourth-order valence-electron chi connectivity index (χ4n) is 2.06. The van der Waals surface area contributed by atoms with Crippen molar-refractivity contribution in [1.82, 2.24) is 4.98 Å². The lowest BCUT2D eigenvalue weighted by Gasteiger charge is -2.06. The monoisotopic (exact) mass is 289 g/mol. The number of nitrogens with one attached hydrogen (secondary N) is 1. The number of benzene rings is 2. The first-order valence-electron chi connectivity index (χ1n) is 5.72. The summed E-state index contributed by atoms with van der Waals surface area (Å²) in [6.07, 6.45) is 0. The van der Waals surface area contributed by atoms with Gasteiger partial charge >= 0.3 is 0 Å². The topological polar surface area (TPSA) is 32.9 Å². The Kier molecular flexibility index (Phi) is 3.05. The largest absolute Gasteiger partial charge is 0.321 e. The molecule has 0 saturated heterocycles. The molecular weight excluding hydrogens is 281 g/mol. The second kappa shape index (κ2) is 4.72. The van der Waals surface area contributed by atoms with Crippen LogP contribution in [0.25, 0.3) is 22.0 Å². The van der Waals surface area contributed by atoms with Crippen LogP contribution in [0.1, 0.15) is 0 Å². The van der Waals surface area contributed by atoms with Crippen LogP contribution in [0, 0.1) is 0 Å². The summed E-state index contributed by atoms with van der Waals surface area (Å²) in [7, 11) is 0. The van der Waals surface area contributed by atoms with Gasteiger partial charge in [-0.2, -0.15) is 0 Å². The number of H-pyrrole nitrogens is 1. The fourth-order valence-corrected chi connectivity index (χ4v) is 2.57. The Morgan fingerprint density at radius 2 is 1.74 bits per heavy atom. The quantitative estimate of drug-likeness (QED) is 0.703. The molecule has 0 spiro atoms. The number of rotatable bonds is 1. The van der Waals surface area contributed by atoms with Gasteiger partial charge in [0.05, 0.1) is 10.7 Å². The third kappa shape index (κ3) is 2.25. The maximum Gasteiger partial charge on any atom is 0.256 e. The Balaban J connectivity index is 2.28. The molecular formula is C15H9Cl2NO. The van der Waals surface area contributed by atoms with Crippen LogP contribution in [0.15, 0.2) is 53.3 Å². The number of pyridine rings is 1. The van der Waals surface area contributed by atoms with Gasteiger partial charge in [-0.25, -0.2) is 0 Å². The maximum atomic E-state index is 12.0. The van der Waals surface area contributed by atoms with E-state index in [1.165, 1.54) is 0 Å². The average molecular weight is 290 g/mol. The molecule has 1 heterocycles. The molecule has 0 bridgehead atoms. The highest BCUT2D eigenvalue weighted by molar-refractivity contribution is 6.36. The van der Waals surface area contributed by atoms with Gasteiger partial charge in [-0.3, -0.25) is 4.79 Å². The van der Waals surface area contributed by atoms with Crippen molar-refractivity contribution in [3.63, 3.8) is 0 Å². The van der Waals surface area contributed by atoms with E-state index in [1.54, 1.807) is 24.3 Å². The van der Waals surface area contributed by atoms with Crippen molar-refractivity contribution in [2.45, 2.75) is 0 Å². The van der Waals surface area contributed by atoms with Crippen LogP contribution in [0.2, 0.25) is 10.0 Å². The Labute approximate surface area is 119 Å². The summed E-state index contributed by atoms with van der Waals surface area (Å²) < 4.78 is 0. The summed E-state index contributed by atoms with van der Waals surface area (Å²) in [5.41, 5.74) is 1.32. The van der Waals surface area contributed by atoms with E-state index in [2.05, 4.69) is 4.98 Å². The molecule has 0 amide bonds. The van der Waals surface area contributed by atoms with Crippen molar-refractivity contribution in [3.8, 4) is 11.3 Å². The van der Waals surface area contributed by atoms with Gasteiger partial charge in [0.2, 0.25) is 0 Å². The lowest BCUT2D eigenvalue weighted by atomic mass is 10.1. The molecule has 0 unspecified atom stereocenters. The predicted molar refractivity (Wildman–Crippen MR) is 80.0 cm³/mol. The maximum absolute atomic E-state index is 12.0. The fraction of sp³-hybridized carbons (Fsp3) is 0. The van der Waals surface area contributed by atoms with Crippen molar-refractivity contribution >= 4 is 34.0 Å². The highest BCUT2D eigenvalue weighted by Crippen LogP contribution is 2.29. The minimum Gasteiger partial charge on any atom is -0.321 e. The van der Waals surface area contributed by atoms with Crippen LogP contribution in [-0.4, -0.2) is 4.98 Å². The molecule has 0 aliphatic carbocycles. The molecule has 0 saturated carbocycles. The molecule has 0 aliphatic heterocycles. The van der Waals surface area contributed by atoms with Crippen LogP contribution < -0.4 is 5.56 Å². The van der Waals surface area contributed by atoms with Gasteiger partial charge in [0.15, 0.2) is 0 Å². The molecule has 3 rings (SSSR count). The third-order valence-electron chi connectivity index (χ3n) is 2.97. The van der Waals surface area contributed by atoms with Gasteiger partial charge < -0.3 is 4.98 Å². The van der Waals surface area contributed by atoms with Gasteiger partial charge in [0, 0.05) is 16.0 Å². The van der Waals surface area contributed by atoms with E-state index in [0.717, 1.165) is 10.9 Å². The van der Waals surface area contributed by atoms with Gasteiger partial charge in [0.1, 0.15) is 0 Å². The van der Waals surface area contributed by atoms with Crippen LogP contribution in [0.3, 0.4) is 0 Å². The van der Waals surface area contributed by atoms with E-state index in [0.29, 0.717) is 21.1 Å². The van der Waals surface area contributed by atoms with Crippen LogP contribution in [-0.2, 0) is 0 Å². The number of aromatic amines is 1. The molecule has 94 valence electrons. The summed E-state index contributed by atoms with van der Waals surface area (Å²) in [5, 5.41) is 2.62. The van der Waals surface area contributed by atoms with Crippen LogP contribution >= 0.6 is 23.2 Å². The molecule has 0 aliphatic rings.